The number of halogens is 1. The number of aromatic amines is 1. The van der Waals surface area contributed by atoms with Crippen LogP contribution in [0.4, 0.5) is 0 Å². The van der Waals surface area contributed by atoms with Gasteiger partial charge in [-0.3, -0.25) is 9.59 Å². The highest BCUT2D eigenvalue weighted by Crippen LogP contribution is 2.41. The number of aromatic nitrogens is 2. The van der Waals surface area contributed by atoms with Crippen LogP contribution in [0.5, 0.6) is 0 Å². The Kier molecular flexibility index (Phi) is 6.24. The quantitative estimate of drug-likeness (QED) is 0.339. The fourth-order valence-corrected chi connectivity index (χ4v) is 5.59. The van der Waals surface area contributed by atoms with Crippen LogP contribution < -0.4 is 10.9 Å². The predicted molar refractivity (Wildman–Crippen MR) is 144 cm³/mol. The Bertz CT molecular complexity index is 1460. The summed E-state index contributed by atoms with van der Waals surface area (Å²) in [5.74, 6) is -0.127. The van der Waals surface area contributed by atoms with Gasteiger partial charge in [-0.05, 0) is 77.9 Å². The molecule has 6 heteroatoms. The SMILES string of the molecule is Cc1ccc(Cn2c(C(=O)NC(C)C)c(Br)c3c2-c2[nH]c(=O)c(-c4ccccc4)cc2CC3)cc1. The average Bonchev–Trinajstić information content (AvgIpc) is 3.12. The molecule has 2 aromatic carbocycles. The van der Waals surface area contributed by atoms with Crippen LogP contribution >= 0.6 is 15.9 Å². The van der Waals surface area contributed by atoms with Gasteiger partial charge in [0.25, 0.3) is 11.5 Å². The third-order valence-corrected chi connectivity index (χ3v) is 7.34. The van der Waals surface area contributed by atoms with Crippen LogP contribution in [-0.2, 0) is 19.4 Å². The first kappa shape index (κ1) is 23.4. The fraction of sp³-hybridized carbons (Fsp3) is 0.241. The molecule has 0 atom stereocenters. The molecule has 0 unspecified atom stereocenters. The van der Waals surface area contributed by atoms with Crippen LogP contribution in [0.25, 0.3) is 22.5 Å². The van der Waals surface area contributed by atoms with Gasteiger partial charge in [0.05, 0.1) is 15.9 Å². The van der Waals surface area contributed by atoms with Gasteiger partial charge >= 0.3 is 0 Å². The largest absolute Gasteiger partial charge is 0.349 e. The molecule has 1 aliphatic rings. The minimum Gasteiger partial charge on any atom is -0.349 e. The second-order valence-corrected chi connectivity index (χ2v) is 10.3. The summed E-state index contributed by atoms with van der Waals surface area (Å²) in [6, 6.07) is 20.1. The molecule has 0 fully saturated rings. The molecule has 0 aliphatic heterocycles. The van der Waals surface area contributed by atoms with E-state index in [1.807, 2.05) is 50.2 Å². The molecule has 2 N–H and O–H groups in total. The number of carbonyl (C=O) groups excluding carboxylic acids is 1. The lowest BCUT2D eigenvalue weighted by Crippen LogP contribution is -2.32. The molecule has 2 aromatic heterocycles. The number of rotatable bonds is 5. The van der Waals surface area contributed by atoms with Crippen molar-refractivity contribution in [2.45, 2.75) is 46.2 Å². The molecule has 5 rings (SSSR count). The van der Waals surface area contributed by atoms with E-state index in [4.69, 9.17) is 0 Å². The number of amides is 1. The molecule has 0 saturated heterocycles. The van der Waals surface area contributed by atoms with Crippen molar-refractivity contribution >= 4 is 21.8 Å². The summed E-state index contributed by atoms with van der Waals surface area (Å²) in [6.45, 7) is 6.50. The van der Waals surface area contributed by atoms with Crippen molar-refractivity contribution in [2.75, 3.05) is 0 Å². The summed E-state index contributed by atoms with van der Waals surface area (Å²) in [5, 5.41) is 3.05. The Morgan fingerprint density at radius 1 is 1.09 bits per heavy atom. The number of aryl methyl sites for hydroxylation is 2. The zero-order valence-corrected chi connectivity index (χ0v) is 21.7. The highest BCUT2D eigenvalue weighted by molar-refractivity contribution is 9.10. The van der Waals surface area contributed by atoms with Crippen molar-refractivity contribution in [1.29, 1.82) is 0 Å². The molecule has 5 nitrogen and oxygen atoms in total. The van der Waals surface area contributed by atoms with Crippen LogP contribution in [0.3, 0.4) is 0 Å². The first-order valence-corrected chi connectivity index (χ1v) is 12.7. The van der Waals surface area contributed by atoms with Crippen molar-refractivity contribution in [1.82, 2.24) is 14.9 Å². The molecule has 1 aliphatic carbocycles. The van der Waals surface area contributed by atoms with E-state index >= 15 is 0 Å². The highest BCUT2D eigenvalue weighted by Gasteiger charge is 2.31. The fourth-order valence-electron chi connectivity index (χ4n) is 4.81. The Morgan fingerprint density at radius 2 is 1.80 bits per heavy atom. The van der Waals surface area contributed by atoms with Crippen LogP contribution in [0.15, 0.2) is 69.9 Å². The number of hydrogen-bond donors (Lipinski definition) is 2. The van der Waals surface area contributed by atoms with Gasteiger partial charge in [0, 0.05) is 18.2 Å². The molecule has 0 radical (unpaired) electrons. The Balaban J connectivity index is 1.71. The van der Waals surface area contributed by atoms with Gasteiger partial charge in [-0.15, -0.1) is 0 Å². The van der Waals surface area contributed by atoms with Gasteiger partial charge in [0.2, 0.25) is 0 Å². The first-order valence-electron chi connectivity index (χ1n) is 11.9. The normalized spacial score (nSPS) is 12.4. The summed E-state index contributed by atoms with van der Waals surface area (Å²) < 4.78 is 2.86. The van der Waals surface area contributed by atoms with E-state index in [0.717, 1.165) is 51.0 Å². The molecule has 178 valence electrons. The monoisotopic (exact) mass is 529 g/mol. The van der Waals surface area contributed by atoms with E-state index in [-0.39, 0.29) is 17.5 Å². The van der Waals surface area contributed by atoms with Crippen molar-refractivity contribution in [3.05, 3.63) is 103 Å². The number of hydrogen-bond acceptors (Lipinski definition) is 2. The maximum Gasteiger partial charge on any atom is 0.269 e. The van der Waals surface area contributed by atoms with E-state index in [1.165, 1.54) is 5.56 Å². The molecule has 2 heterocycles. The van der Waals surface area contributed by atoms with E-state index in [2.05, 4.69) is 62.0 Å². The van der Waals surface area contributed by atoms with Gasteiger partial charge in [0.1, 0.15) is 5.69 Å². The van der Waals surface area contributed by atoms with Crippen molar-refractivity contribution in [3.63, 3.8) is 0 Å². The molecule has 1 amide bonds. The second kappa shape index (κ2) is 9.34. The molecule has 0 bridgehead atoms. The lowest BCUT2D eigenvalue weighted by atomic mass is 9.92. The molecular formula is C29H28BrN3O2. The molecule has 35 heavy (non-hydrogen) atoms. The number of nitrogens with zero attached hydrogens (tertiary/aromatic N) is 1. The maximum atomic E-state index is 13.3. The van der Waals surface area contributed by atoms with Crippen LogP contribution in [0, 0.1) is 6.92 Å². The van der Waals surface area contributed by atoms with Gasteiger partial charge in [-0.2, -0.15) is 0 Å². The second-order valence-electron chi connectivity index (χ2n) is 9.47. The van der Waals surface area contributed by atoms with Crippen molar-refractivity contribution < 1.29 is 4.79 Å². The van der Waals surface area contributed by atoms with Crippen LogP contribution in [0.1, 0.15) is 46.6 Å². The van der Waals surface area contributed by atoms with E-state index < -0.39 is 0 Å². The molecular weight excluding hydrogens is 502 g/mol. The topological polar surface area (TPSA) is 66.9 Å². The van der Waals surface area contributed by atoms with Gasteiger partial charge in [0.15, 0.2) is 0 Å². The summed E-state index contributed by atoms with van der Waals surface area (Å²) in [6.07, 6.45) is 1.57. The zero-order valence-electron chi connectivity index (χ0n) is 20.1. The van der Waals surface area contributed by atoms with Crippen LogP contribution in [-0.4, -0.2) is 21.5 Å². The lowest BCUT2D eigenvalue weighted by Gasteiger charge is -2.21. The Labute approximate surface area is 213 Å². The van der Waals surface area contributed by atoms with E-state index in [0.29, 0.717) is 17.8 Å². The maximum absolute atomic E-state index is 13.3. The molecule has 4 aromatic rings. The summed E-state index contributed by atoms with van der Waals surface area (Å²) in [4.78, 5) is 29.7. The van der Waals surface area contributed by atoms with E-state index in [1.54, 1.807) is 0 Å². The summed E-state index contributed by atoms with van der Waals surface area (Å²) >= 11 is 3.75. The van der Waals surface area contributed by atoms with Gasteiger partial charge < -0.3 is 14.9 Å². The van der Waals surface area contributed by atoms with Gasteiger partial charge in [-0.1, -0.05) is 60.2 Å². The number of benzene rings is 2. The number of H-pyrrole nitrogens is 1. The minimum absolute atomic E-state index is 0.00896. The standard InChI is InChI=1S/C29H28BrN3O2/c1-17(2)31-29(35)27-24(30)22-14-13-21-15-23(20-7-5-4-6-8-20)28(34)32-25(21)26(22)33(27)16-19-11-9-18(3)10-12-19/h4-12,15,17H,13-14,16H2,1-3H3,(H,31,35)(H,32,34). The van der Waals surface area contributed by atoms with Crippen molar-refractivity contribution in [3.8, 4) is 22.5 Å². The number of pyridine rings is 1. The van der Waals surface area contributed by atoms with Gasteiger partial charge in [-0.25, -0.2) is 0 Å². The third-order valence-electron chi connectivity index (χ3n) is 6.48. The van der Waals surface area contributed by atoms with E-state index in [9.17, 15) is 9.59 Å². The highest BCUT2D eigenvalue weighted by atomic mass is 79.9. The molecule has 0 spiro atoms. The average molecular weight is 530 g/mol. The predicted octanol–water partition coefficient (Wildman–Crippen LogP) is 5.87. The number of carbonyl (C=O) groups is 1. The van der Waals surface area contributed by atoms with Crippen molar-refractivity contribution in [2.24, 2.45) is 0 Å². The lowest BCUT2D eigenvalue weighted by molar-refractivity contribution is 0.0933. The summed E-state index contributed by atoms with van der Waals surface area (Å²) in [7, 11) is 0. The Hall–Kier alpha value is -3.38. The summed E-state index contributed by atoms with van der Waals surface area (Å²) in [5.41, 5.74) is 8.15. The third kappa shape index (κ3) is 4.39. The van der Waals surface area contributed by atoms with Crippen LogP contribution in [0.2, 0.25) is 0 Å². The minimum atomic E-state index is -0.129. The smallest absolute Gasteiger partial charge is 0.269 e. The number of fused-ring (bicyclic) bond motifs is 3. The Morgan fingerprint density at radius 3 is 2.49 bits per heavy atom. The number of nitrogens with one attached hydrogen (secondary N) is 2. The zero-order chi connectivity index (χ0) is 24.7. The first-order chi connectivity index (χ1) is 16.8. The molecule has 0 saturated carbocycles.